The Bertz CT molecular complexity index is 241. The van der Waals surface area contributed by atoms with Gasteiger partial charge in [0.15, 0.2) is 0 Å². The molecule has 66 valence electrons. The van der Waals surface area contributed by atoms with E-state index in [1.54, 1.807) is 0 Å². The molecular weight excluding hydrogens is 164 g/mol. The third kappa shape index (κ3) is 2.90. The molecule has 0 N–H and O–H groups in total. The van der Waals surface area contributed by atoms with E-state index in [0.717, 1.165) is 5.92 Å². The SMILES string of the molecule is CSc1cccc(CC(C)C)c1. The highest BCUT2D eigenvalue weighted by Gasteiger charge is 1.97. The Hall–Kier alpha value is -0.430. The van der Waals surface area contributed by atoms with Crippen molar-refractivity contribution in [3.63, 3.8) is 0 Å². The van der Waals surface area contributed by atoms with Crippen LogP contribution in [0, 0.1) is 5.92 Å². The highest BCUT2D eigenvalue weighted by Crippen LogP contribution is 2.17. The maximum absolute atomic E-state index is 2.28. The van der Waals surface area contributed by atoms with Crippen LogP contribution in [0.1, 0.15) is 19.4 Å². The zero-order valence-corrected chi connectivity index (χ0v) is 8.82. The van der Waals surface area contributed by atoms with Crippen LogP contribution in [-0.2, 0) is 6.42 Å². The average Bonchev–Trinajstić information content (AvgIpc) is 2.03. The smallest absolute Gasteiger partial charge is 0.00718 e. The molecule has 0 saturated heterocycles. The summed E-state index contributed by atoms with van der Waals surface area (Å²) in [5.41, 5.74) is 1.46. The molecule has 1 aromatic rings. The Morgan fingerprint density at radius 2 is 2.08 bits per heavy atom. The van der Waals surface area contributed by atoms with Gasteiger partial charge in [-0.05, 0) is 36.3 Å². The van der Waals surface area contributed by atoms with Gasteiger partial charge < -0.3 is 0 Å². The summed E-state index contributed by atoms with van der Waals surface area (Å²) in [6.07, 6.45) is 3.31. The summed E-state index contributed by atoms with van der Waals surface area (Å²) in [5.74, 6) is 0.752. The lowest BCUT2D eigenvalue weighted by Crippen LogP contribution is -1.93. The molecule has 0 heterocycles. The van der Waals surface area contributed by atoms with Gasteiger partial charge in [0.1, 0.15) is 0 Å². The lowest BCUT2D eigenvalue weighted by molar-refractivity contribution is 0.646. The van der Waals surface area contributed by atoms with E-state index in [2.05, 4.69) is 44.4 Å². The minimum Gasteiger partial charge on any atom is -0.130 e. The summed E-state index contributed by atoms with van der Waals surface area (Å²) in [5, 5.41) is 0. The highest BCUT2D eigenvalue weighted by molar-refractivity contribution is 7.98. The summed E-state index contributed by atoms with van der Waals surface area (Å²) in [7, 11) is 0. The van der Waals surface area contributed by atoms with Crippen molar-refractivity contribution < 1.29 is 0 Å². The first kappa shape index (κ1) is 9.66. The van der Waals surface area contributed by atoms with Gasteiger partial charge in [-0.1, -0.05) is 26.0 Å². The molecule has 1 rings (SSSR count). The van der Waals surface area contributed by atoms with Gasteiger partial charge in [0.05, 0.1) is 0 Å². The van der Waals surface area contributed by atoms with E-state index in [9.17, 15) is 0 Å². The third-order valence-corrected chi connectivity index (χ3v) is 2.50. The number of benzene rings is 1. The van der Waals surface area contributed by atoms with Crippen LogP contribution in [-0.4, -0.2) is 6.26 Å². The van der Waals surface area contributed by atoms with Crippen molar-refractivity contribution in [2.45, 2.75) is 25.2 Å². The Morgan fingerprint density at radius 1 is 1.33 bits per heavy atom. The predicted octanol–water partition coefficient (Wildman–Crippen LogP) is 3.61. The van der Waals surface area contributed by atoms with Crippen LogP contribution in [0.25, 0.3) is 0 Å². The fourth-order valence-corrected chi connectivity index (χ4v) is 1.75. The first-order valence-corrected chi connectivity index (χ1v) is 5.57. The molecule has 1 heteroatoms. The van der Waals surface area contributed by atoms with E-state index < -0.39 is 0 Å². The van der Waals surface area contributed by atoms with Crippen LogP contribution in [0.3, 0.4) is 0 Å². The van der Waals surface area contributed by atoms with E-state index in [1.165, 1.54) is 16.9 Å². The molecule has 0 aliphatic carbocycles. The standard InChI is InChI=1S/C11H16S/c1-9(2)7-10-5-4-6-11(8-10)12-3/h4-6,8-9H,7H2,1-3H3. The Morgan fingerprint density at radius 3 is 2.67 bits per heavy atom. The Kier molecular flexibility index (Phi) is 3.67. The maximum atomic E-state index is 2.28. The van der Waals surface area contributed by atoms with E-state index >= 15 is 0 Å². The molecule has 0 aliphatic heterocycles. The van der Waals surface area contributed by atoms with E-state index in [4.69, 9.17) is 0 Å². The minimum absolute atomic E-state index is 0.752. The molecule has 0 bridgehead atoms. The highest BCUT2D eigenvalue weighted by atomic mass is 32.2. The Balaban J connectivity index is 2.72. The summed E-state index contributed by atoms with van der Waals surface area (Å²) < 4.78 is 0. The van der Waals surface area contributed by atoms with Crippen LogP contribution in [0.15, 0.2) is 29.2 Å². The Labute approximate surface area is 79.4 Å². The molecule has 0 amide bonds. The lowest BCUT2D eigenvalue weighted by atomic mass is 10.0. The van der Waals surface area contributed by atoms with Gasteiger partial charge in [-0.2, -0.15) is 0 Å². The molecule has 0 unspecified atom stereocenters. The summed E-state index contributed by atoms with van der Waals surface area (Å²) in [4.78, 5) is 1.37. The quantitative estimate of drug-likeness (QED) is 0.640. The fourth-order valence-electron chi connectivity index (χ4n) is 1.27. The van der Waals surface area contributed by atoms with Crippen molar-refractivity contribution in [3.05, 3.63) is 29.8 Å². The van der Waals surface area contributed by atoms with Gasteiger partial charge in [-0.25, -0.2) is 0 Å². The van der Waals surface area contributed by atoms with Gasteiger partial charge in [0.25, 0.3) is 0 Å². The van der Waals surface area contributed by atoms with Crippen molar-refractivity contribution in [2.24, 2.45) is 5.92 Å². The third-order valence-electron chi connectivity index (χ3n) is 1.78. The number of thioether (sulfide) groups is 1. The first-order valence-electron chi connectivity index (χ1n) is 4.35. The predicted molar refractivity (Wildman–Crippen MR) is 56.8 cm³/mol. The molecule has 0 aromatic heterocycles. The lowest BCUT2D eigenvalue weighted by Gasteiger charge is -2.05. The fraction of sp³-hybridized carbons (Fsp3) is 0.455. The van der Waals surface area contributed by atoms with Gasteiger partial charge >= 0.3 is 0 Å². The van der Waals surface area contributed by atoms with Crippen molar-refractivity contribution in [2.75, 3.05) is 6.26 Å². The molecule has 0 fully saturated rings. The van der Waals surface area contributed by atoms with Crippen molar-refractivity contribution in [3.8, 4) is 0 Å². The number of rotatable bonds is 3. The van der Waals surface area contributed by atoms with Crippen LogP contribution >= 0.6 is 11.8 Å². The van der Waals surface area contributed by atoms with Gasteiger partial charge in [0, 0.05) is 4.90 Å². The van der Waals surface area contributed by atoms with Crippen LogP contribution in [0.4, 0.5) is 0 Å². The summed E-state index contributed by atoms with van der Waals surface area (Å²) in [6, 6.07) is 8.79. The minimum atomic E-state index is 0.752. The second kappa shape index (κ2) is 4.56. The van der Waals surface area contributed by atoms with Crippen molar-refractivity contribution in [1.82, 2.24) is 0 Å². The van der Waals surface area contributed by atoms with E-state index in [0.29, 0.717) is 0 Å². The average molecular weight is 180 g/mol. The van der Waals surface area contributed by atoms with E-state index in [-0.39, 0.29) is 0 Å². The van der Waals surface area contributed by atoms with Crippen molar-refractivity contribution >= 4 is 11.8 Å². The molecule has 0 saturated carbocycles. The van der Waals surface area contributed by atoms with Crippen LogP contribution in [0.2, 0.25) is 0 Å². The van der Waals surface area contributed by atoms with Crippen LogP contribution in [0.5, 0.6) is 0 Å². The molecule has 12 heavy (non-hydrogen) atoms. The van der Waals surface area contributed by atoms with Gasteiger partial charge in [-0.15, -0.1) is 11.8 Å². The van der Waals surface area contributed by atoms with Crippen molar-refractivity contribution in [1.29, 1.82) is 0 Å². The largest absolute Gasteiger partial charge is 0.130 e. The molecule has 0 nitrogen and oxygen atoms in total. The van der Waals surface area contributed by atoms with Gasteiger partial charge in [0.2, 0.25) is 0 Å². The maximum Gasteiger partial charge on any atom is 0.00718 e. The monoisotopic (exact) mass is 180 g/mol. The zero-order chi connectivity index (χ0) is 8.97. The molecule has 1 aromatic carbocycles. The zero-order valence-electron chi connectivity index (χ0n) is 8.00. The second-order valence-electron chi connectivity index (χ2n) is 3.45. The second-order valence-corrected chi connectivity index (χ2v) is 4.33. The molecule has 0 aliphatic rings. The normalized spacial score (nSPS) is 10.7. The summed E-state index contributed by atoms with van der Waals surface area (Å²) >= 11 is 1.81. The first-order chi connectivity index (χ1) is 5.72. The summed E-state index contributed by atoms with van der Waals surface area (Å²) in [6.45, 7) is 4.51. The molecule has 0 spiro atoms. The van der Waals surface area contributed by atoms with Crippen LogP contribution < -0.4 is 0 Å². The molecular formula is C11H16S. The topological polar surface area (TPSA) is 0 Å². The van der Waals surface area contributed by atoms with E-state index in [1.807, 2.05) is 11.8 Å². The van der Waals surface area contributed by atoms with Gasteiger partial charge in [-0.3, -0.25) is 0 Å². The molecule has 0 radical (unpaired) electrons. The number of hydrogen-bond donors (Lipinski definition) is 0. The number of hydrogen-bond acceptors (Lipinski definition) is 1. The molecule has 0 atom stereocenters.